The fourth-order valence-corrected chi connectivity index (χ4v) is 3.15. The summed E-state index contributed by atoms with van der Waals surface area (Å²) in [7, 11) is 1.65. The fraction of sp³-hybridized carbons (Fsp3) is 0.350. The molecule has 0 aromatic heterocycles. The van der Waals surface area contributed by atoms with Crippen LogP contribution in [0.4, 0.5) is 5.69 Å². The van der Waals surface area contributed by atoms with Crippen molar-refractivity contribution < 1.29 is 9.53 Å². The van der Waals surface area contributed by atoms with E-state index in [0.717, 1.165) is 30.7 Å². The lowest BCUT2D eigenvalue weighted by molar-refractivity contribution is -0.119. The summed E-state index contributed by atoms with van der Waals surface area (Å²) in [6.45, 7) is 1.86. The molecule has 0 saturated carbocycles. The van der Waals surface area contributed by atoms with Gasteiger partial charge in [0.05, 0.1) is 13.7 Å². The molecule has 1 heterocycles. The summed E-state index contributed by atoms with van der Waals surface area (Å²) >= 11 is 0. The Labute approximate surface area is 143 Å². The number of carbonyl (C=O) groups is 1. The van der Waals surface area contributed by atoms with Crippen LogP contribution in [0.5, 0.6) is 5.75 Å². The topological polar surface area (TPSA) is 41.6 Å². The predicted molar refractivity (Wildman–Crippen MR) is 96.4 cm³/mol. The van der Waals surface area contributed by atoms with Gasteiger partial charge in [-0.3, -0.25) is 4.79 Å². The first kappa shape index (κ1) is 16.4. The number of anilines is 1. The zero-order valence-electron chi connectivity index (χ0n) is 14.1. The van der Waals surface area contributed by atoms with Crippen LogP contribution in [0.2, 0.25) is 0 Å². The lowest BCUT2D eigenvalue weighted by Crippen LogP contribution is -2.37. The molecule has 3 rings (SSSR count). The molecule has 2 aromatic carbocycles. The van der Waals surface area contributed by atoms with Gasteiger partial charge in [-0.05, 0) is 48.6 Å². The molecule has 0 radical (unpaired) electrons. The van der Waals surface area contributed by atoms with Gasteiger partial charge < -0.3 is 15.0 Å². The van der Waals surface area contributed by atoms with E-state index < -0.39 is 0 Å². The number of methoxy groups -OCH3 is 1. The molecule has 0 aliphatic carbocycles. The minimum absolute atomic E-state index is 0.0505. The van der Waals surface area contributed by atoms with Crippen LogP contribution >= 0.6 is 0 Å². The monoisotopic (exact) mass is 324 g/mol. The number of hydrogen-bond acceptors (Lipinski definition) is 3. The molecule has 1 aliphatic rings. The van der Waals surface area contributed by atoms with Crippen molar-refractivity contribution in [3.8, 4) is 5.75 Å². The van der Waals surface area contributed by atoms with Gasteiger partial charge >= 0.3 is 0 Å². The quantitative estimate of drug-likeness (QED) is 0.918. The Morgan fingerprint density at radius 1 is 1.17 bits per heavy atom. The van der Waals surface area contributed by atoms with E-state index in [-0.39, 0.29) is 5.91 Å². The molecule has 0 spiro atoms. The number of rotatable bonds is 5. The zero-order valence-corrected chi connectivity index (χ0v) is 14.1. The van der Waals surface area contributed by atoms with E-state index in [9.17, 15) is 4.79 Å². The molecule has 4 heteroatoms. The Balaban J connectivity index is 1.60. The first-order valence-electron chi connectivity index (χ1n) is 8.49. The number of carbonyl (C=O) groups excluding carboxylic acids is 1. The van der Waals surface area contributed by atoms with Gasteiger partial charge in [-0.2, -0.15) is 0 Å². The van der Waals surface area contributed by atoms with E-state index in [1.54, 1.807) is 7.11 Å². The summed E-state index contributed by atoms with van der Waals surface area (Å²) in [4.78, 5) is 14.6. The molecule has 0 atom stereocenters. The van der Waals surface area contributed by atoms with Crippen molar-refractivity contribution in [2.24, 2.45) is 0 Å². The van der Waals surface area contributed by atoms with Crippen LogP contribution in [0.15, 0.2) is 48.5 Å². The summed E-state index contributed by atoms with van der Waals surface area (Å²) in [6, 6.07) is 16.2. The third kappa shape index (κ3) is 4.07. The van der Waals surface area contributed by atoms with Gasteiger partial charge in [0.25, 0.3) is 0 Å². The Morgan fingerprint density at radius 2 is 2.04 bits per heavy atom. The molecular weight excluding hydrogens is 300 g/mol. The number of hydrogen-bond donors (Lipinski definition) is 1. The number of nitrogens with one attached hydrogen (secondary N) is 1. The van der Waals surface area contributed by atoms with Crippen molar-refractivity contribution in [3.05, 3.63) is 59.7 Å². The first-order valence-corrected chi connectivity index (χ1v) is 8.49. The van der Waals surface area contributed by atoms with Crippen LogP contribution in [0.25, 0.3) is 0 Å². The average Bonchev–Trinajstić information content (AvgIpc) is 2.83. The highest BCUT2D eigenvalue weighted by molar-refractivity contribution is 5.81. The Bertz CT molecular complexity index is 700. The lowest BCUT2D eigenvalue weighted by atomic mass is 10.1. The van der Waals surface area contributed by atoms with Gasteiger partial charge in [0.15, 0.2) is 0 Å². The van der Waals surface area contributed by atoms with E-state index in [2.05, 4.69) is 28.4 Å². The van der Waals surface area contributed by atoms with Crippen molar-refractivity contribution in [1.82, 2.24) is 5.32 Å². The molecule has 2 aromatic rings. The summed E-state index contributed by atoms with van der Waals surface area (Å²) in [5, 5.41) is 3.01. The summed E-state index contributed by atoms with van der Waals surface area (Å²) in [5.74, 6) is 0.859. The van der Waals surface area contributed by atoms with Gasteiger partial charge in [-0.1, -0.05) is 30.3 Å². The van der Waals surface area contributed by atoms with E-state index >= 15 is 0 Å². The molecule has 0 saturated heterocycles. The number of fused-ring (bicyclic) bond motifs is 1. The Hall–Kier alpha value is -2.49. The number of nitrogens with zero attached hydrogens (tertiary/aromatic N) is 1. The van der Waals surface area contributed by atoms with Crippen LogP contribution in [-0.2, 0) is 17.8 Å². The van der Waals surface area contributed by atoms with E-state index in [0.29, 0.717) is 13.1 Å². The third-order valence-electron chi connectivity index (χ3n) is 4.41. The minimum Gasteiger partial charge on any atom is -0.497 e. The molecule has 4 nitrogen and oxygen atoms in total. The number of para-hydroxylation sites is 1. The molecule has 0 fully saturated rings. The van der Waals surface area contributed by atoms with Crippen LogP contribution in [-0.4, -0.2) is 26.1 Å². The normalized spacial score (nSPS) is 13.8. The standard InChI is InChI=1S/C20H24N2O2/c1-24-18-10-6-7-16(13-18)14-21-20(23)15-22-12-5-4-9-17-8-2-3-11-19(17)22/h2-3,6-8,10-11,13H,4-5,9,12,14-15H2,1H3,(H,21,23). The molecule has 1 N–H and O–H groups in total. The van der Waals surface area contributed by atoms with Crippen LogP contribution < -0.4 is 15.0 Å². The highest BCUT2D eigenvalue weighted by Gasteiger charge is 2.17. The maximum absolute atomic E-state index is 12.4. The molecule has 24 heavy (non-hydrogen) atoms. The third-order valence-corrected chi connectivity index (χ3v) is 4.41. The second-order valence-corrected chi connectivity index (χ2v) is 6.14. The summed E-state index contributed by atoms with van der Waals surface area (Å²) in [5.41, 5.74) is 3.58. The van der Waals surface area contributed by atoms with Gasteiger partial charge in [0, 0.05) is 18.8 Å². The van der Waals surface area contributed by atoms with E-state index in [4.69, 9.17) is 4.74 Å². The SMILES string of the molecule is COc1cccc(CNC(=O)CN2CCCCc3ccccc32)c1. The second-order valence-electron chi connectivity index (χ2n) is 6.14. The Morgan fingerprint density at radius 3 is 2.92 bits per heavy atom. The van der Waals surface area contributed by atoms with Crippen LogP contribution in [0.3, 0.4) is 0 Å². The van der Waals surface area contributed by atoms with Gasteiger partial charge in [0.1, 0.15) is 5.75 Å². The highest BCUT2D eigenvalue weighted by atomic mass is 16.5. The molecule has 0 unspecified atom stereocenters. The second kappa shape index (κ2) is 7.86. The lowest BCUT2D eigenvalue weighted by Gasteiger charge is -2.24. The van der Waals surface area contributed by atoms with Gasteiger partial charge in [0.2, 0.25) is 5.91 Å². The molecule has 0 bridgehead atoms. The maximum atomic E-state index is 12.4. The number of benzene rings is 2. The number of ether oxygens (including phenoxy) is 1. The van der Waals surface area contributed by atoms with Gasteiger partial charge in [-0.15, -0.1) is 0 Å². The molecule has 126 valence electrons. The average molecular weight is 324 g/mol. The van der Waals surface area contributed by atoms with Crippen molar-refractivity contribution >= 4 is 11.6 Å². The largest absolute Gasteiger partial charge is 0.497 e. The van der Waals surface area contributed by atoms with Crippen LogP contribution in [0.1, 0.15) is 24.0 Å². The number of amides is 1. The summed E-state index contributed by atoms with van der Waals surface area (Å²) in [6.07, 6.45) is 3.40. The van der Waals surface area contributed by atoms with Crippen molar-refractivity contribution in [1.29, 1.82) is 0 Å². The summed E-state index contributed by atoms with van der Waals surface area (Å²) < 4.78 is 5.22. The minimum atomic E-state index is 0.0505. The predicted octanol–water partition coefficient (Wildman–Crippen LogP) is 3.15. The smallest absolute Gasteiger partial charge is 0.239 e. The van der Waals surface area contributed by atoms with E-state index in [1.807, 2.05) is 30.3 Å². The molecular formula is C20H24N2O2. The van der Waals surface area contributed by atoms with Crippen molar-refractivity contribution in [2.45, 2.75) is 25.8 Å². The maximum Gasteiger partial charge on any atom is 0.239 e. The Kier molecular flexibility index (Phi) is 5.36. The van der Waals surface area contributed by atoms with E-state index in [1.165, 1.54) is 17.7 Å². The fourth-order valence-electron chi connectivity index (χ4n) is 3.15. The first-order chi connectivity index (χ1) is 11.8. The van der Waals surface area contributed by atoms with Crippen molar-refractivity contribution in [2.75, 3.05) is 25.1 Å². The highest BCUT2D eigenvalue weighted by Crippen LogP contribution is 2.25. The zero-order chi connectivity index (χ0) is 16.8. The molecule has 1 aliphatic heterocycles. The number of aryl methyl sites for hydroxylation is 1. The van der Waals surface area contributed by atoms with Crippen LogP contribution in [0, 0.1) is 0 Å². The van der Waals surface area contributed by atoms with Gasteiger partial charge in [-0.25, -0.2) is 0 Å². The molecule has 1 amide bonds. The van der Waals surface area contributed by atoms with Crippen molar-refractivity contribution in [3.63, 3.8) is 0 Å².